The molecule has 0 bridgehead atoms. The van der Waals surface area contributed by atoms with Crippen LogP contribution < -0.4 is 4.74 Å². The fourth-order valence-corrected chi connectivity index (χ4v) is 3.34. The van der Waals surface area contributed by atoms with Gasteiger partial charge in [-0.05, 0) is 53.2 Å². The molecule has 1 heterocycles. The summed E-state index contributed by atoms with van der Waals surface area (Å²) in [5.74, 6) is 1.50. The van der Waals surface area contributed by atoms with E-state index in [1.54, 1.807) is 48.5 Å². The van der Waals surface area contributed by atoms with Crippen molar-refractivity contribution in [2.75, 3.05) is 6.54 Å². The van der Waals surface area contributed by atoms with Gasteiger partial charge in [0.05, 0.1) is 17.0 Å². The number of rotatable bonds is 6. The van der Waals surface area contributed by atoms with Gasteiger partial charge in [0, 0.05) is 0 Å². The fourth-order valence-electron chi connectivity index (χ4n) is 2.50. The Balaban J connectivity index is 1.65. The number of thioether (sulfide) groups is 1. The topological polar surface area (TPSA) is 83.9 Å². The van der Waals surface area contributed by atoms with E-state index in [1.807, 2.05) is 0 Å². The quantitative estimate of drug-likeness (QED) is 0.596. The summed E-state index contributed by atoms with van der Waals surface area (Å²) in [5.41, 5.74) is 1.69. The number of nitrogens with zero attached hydrogens (tertiary/aromatic N) is 1. The number of ether oxygens (including phenoxy) is 1. The molecule has 2 aromatic carbocycles. The zero-order chi connectivity index (χ0) is 20.1. The molecule has 0 spiro atoms. The van der Waals surface area contributed by atoms with Crippen LogP contribution in [0, 0.1) is 12.3 Å². The summed E-state index contributed by atoms with van der Waals surface area (Å²) in [4.78, 5) is 36.3. The van der Waals surface area contributed by atoms with Crippen LogP contribution in [-0.2, 0) is 11.4 Å². The summed E-state index contributed by atoms with van der Waals surface area (Å²) in [5, 5.41) is 8.64. The molecule has 0 saturated carbocycles. The molecule has 0 radical (unpaired) electrons. The molecule has 0 atom stereocenters. The van der Waals surface area contributed by atoms with Gasteiger partial charge in [-0.15, -0.1) is 6.42 Å². The number of imide groups is 1. The minimum atomic E-state index is -0.988. The van der Waals surface area contributed by atoms with Crippen LogP contribution in [0.2, 0.25) is 0 Å². The molecular formula is C21H15NO5S. The highest BCUT2D eigenvalue weighted by molar-refractivity contribution is 8.18. The molecule has 28 heavy (non-hydrogen) atoms. The standard InChI is InChI=1S/C21H15NO5S/c1-2-10-22-19(23)18(28-21(22)26)12-14-6-8-17(9-7-14)27-13-15-4-3-5-16(11-15)20(24)25/h1,3-9,11-12H,10,13H2,(H,24,25). The molecule has 3 rings (SSSR count). The van der Waals surface area contributed by atoms with Crippen molar-refractivity contribution in [3.63, 3.8) is 0 Å². The average molecular weight is 393 g/mol. The first-order chi connectivity index (χ1) is 13.5. The number of carboxylic acids is 1. The Morgan fingerprint density at radius 2 is 1.96 bits per heavy atom. The molecule has 6 nitrogen and oxygen atoms in total. The second-order valence-corrected chi connectivity index (χ2v) is 6.83. The lowest BCUT2D eigenvalue weighted by molar-refractivity contribution is -0.122. The summed E-state index contributed by atoms with van der Waals surface area (Å²) in [6, 6.07) is 13.5. The monoisotopic (exact) mass is 393 g/mol. The van der Waals surface area contributed by atoms with Gasteiger partial charge in [-0.1, -0.05) is 30.2 Å². The molecule has 1 saturated heterocycles. The summed E-state index contributed by atoms with van der Waals surface area (Å²) in [7, 11) is 0. The van der Waals surface area contributed by atoms with Gasteiger partial charge >= 0.3 is 5.97 Å². The SMILES string of the molecule is C#CCN1C(=O)SC(=Cc2ccc(OCc3cccc(C(=O)O)c3)cc2)C1=O. The highest BCUT2D eigenvalue weighted by Crippen LogP contribution is 2.32. The van der Waals surface area contributed by atoms with Gasteiger partial charge < -0.3 is 9.84 Å². The van der Waals surface area contributed by atoms with Crippen LogP contribution in [0.1, 0.15) is 21.5 Å². The minimum Gasteiger partial charge on any atom is -0.489 e. The van der Waals surface area contributed by atoms with Crippen LogP contribution in [0.3, 0.4) is 0 Å². The van der Waals surface area contributed by atoms with E-state index in [0.29, 0.717) is 10.7 Å². The van der Waals surface area contributed by atoms with E-state index < -0.39 is 11.9 Å². The first kappa shape index (κ1) is 19.3. The number of hydrogen-bond donors (Lipinski definition) is 1. The maximum absolute atomic E-state index is 12.2. The largest absolute Gasteiger partial charge is 0.489 e. The third-order valence-corrected chi connectivity index (χ3v) is 4.79. The van der Waals surface area contributed by atoms with Crippen LogP contribution in [0.25, 0.3) is 6.08 Å². The highest BCUT2D eigenvalue weighted by Gasteiger charge is 2.34. The molecule has 0 aromatic heterocycles. The van der Waals surface area contributed by atoms with Crippen molar-refractivity contribution in [1.29, 1.82) is 0 Å². The van der Waals surface area contributed by atoms with E-state index in [1.165, 1.54) is 6.07 Å². The van der Waals surface area contributed by atoms with Crippen LogP contribution in [0.15, 0.2) is 53.4 Å². The molecule has 0 aliphatic carbocycles. The van der Waals surface area contributed by atoms with Crippen molar-refractivity contribution >= 4 is 35.0 Å². The van der Waals surface area contributed by atoms with Gasteiger partial charge in [-0.2, -0.15) is 0 Å². The second-order valence-electron chi connectivity index (χ2n) is 5.84. The molecule has 1 aliphatic rings. The van der Waals surface area contributed by atoms with Gasteiger partial charge in [-0.3, -0.25) is 14.5 Å². The Bertz CT molecular complexity index is 1000. The highest BCUT2D eigenvalue weighted by atomic mass is 32.2. The van der Waals surface area contributed by atoms with E-state index in [9.17, 15) is 14.4 Å². The van der Waals surface area contributed by atoms with Crippen molar-refractivity contribution in [3.05, 3.63) is 70.1 Å². The number of carbonyl (C=O) groups excluding carboxylic acids is 2. The summed E-state index contributed by atoms with van der Waals surface area (Å²) in [6.07, 6.45) is 6.80. The van der Waals surface area contributed by atoms with Crippen molar-refractivity contribution in [2.45, 2.75) is 6.61 Å². The zero-order valence-corrected chi connectivity index (χ0v) is 15.4. The molecule has 1 aliphatic heterocycles. The van der Waals surface area contributed by atoms with Crippen LogP contribution in [0.5, 0.6) is 5.75 Å². The van der Waals surface area contributed by atoms with Crippen LogP contribution in [-0.4, -0.2) is 33.7 Å². The van der Waals surface area contributed by atoms with E-state index >= 15 is 0 Å². The molecule has 140 valence electrons. The number of terminal acetylenes is 1. The number of carbonyl (C=O) groups is 3. The van der Waals surface area contributed by atoms with Crippen molar-refractivity contribution < 1.29 is 24.2 Å². The van der Waals surface area contributed by atoms with Crippen LogP contribution in [0.4, 0.5) is 4.79 Å². The summed E-state index contributed by atoms with van der Waals surface area (Å²) < 4.78 is 5.67. The van der Waals surface area contributed by atoms with Gasteiger partial charge in [0.2, 0.25) is 0 Å². The predicted octanol–water partition coefficient (Wildman–Crippen LogP) is 3.63. The number of aromatic carboxylic acids is 1. The number of benzene rings is 2. The summed E-state index contributed by atoms with van der Waals surface area (Å²) in [6.45, 7) is 0.184. The van der Waals surface area contributed by atoms with Crippen molar-refractivity contribution in [1.82, 2.24) is 4.90 Å². The maximum Gasteiger partial charge on any atom is 0.335 e. The van der Waals surface area contributed by atoms with Gasteiger partial charge in [0.1, 0.15) is 12.4 Å². The molecule has 2 amide bonds. The normalized spacial score (nSPS) is 15.0. The first-order valence-corrected chi connectivity index (χ1v) is 9.03. The number of hydrogen-bond acceptors (Lipinski definition) is 5. The Labute approximate surface area is 165 Å². The Morgan fingerprint density at radius 3 is 2.64 bits per heavy atom. The molecule has 0 unspecified atom stereocenters. The fraction of sp³-hybridized carbons (Fsp3) is 0.0952. The van der Waals surface area contributed by atoms with Crippen LogP contribution >= 0.6 is 11.8 Å². The van der Waals surface area contributed by atoms with E-state index in [2.05, 4.69) is 5.92 Å². The van der Waals surface area contributed by atoms with Crippen molar-refractivity contribution in [2.24, 2.45) is 0 Å². The Kier molecular flexibility index (Phi) is 5.82. The Morgan fingerprint density at radius 1 is 1.21 bits per heavy atom. The lowest BCUT2D eigenvalue weighted by Crippen LogP contribution is -2.28. The lowest BCUT2D eigenvalue weighted by Gasteiger charge is -2.08. The van der Waals surface area contributed by atoms with E-state index in [-0.39, 0.29) is 24.0 Å². The molecule has 7 heteroatoms. The smallest absolute Gasteiger partial charge is 0.335 e. The van der Waals surface area contributed by atoms with Gasteiger partial charge in [0.15, 0.2) is 0 Å². The minimum absolute atomic E-state index is 0.0438. The zero-order valence-electron chi connectivity index (χ0n) is 14.6. The molecule has 1 fully saturated rings. The predicted molar refractivity (Wildman–Crippen MR) is 106 cm³/mol. The second kappa shape index (κ2) is 8.46. The summed E-state index contributed by atoms with van der Waals surface area (Å²) >= 11 is 0.856. The Hall–Kier alpha value is -3.50. The maximum atomic E-state index is 12.2. The molecule has 2 aromatic rings. The first-order valence-electron chi connectivity index (χ1n) is 8.22. The molecular weight excluding hydrogens is 378 g/mol. The third-order valence-electron chi connectivity index (χ3n) is 3.88. The lowest BCUT2D eigenvalue weighted by atomic mass is 10.1. The van der Waals surface area contributed by atoms with Crippen molar-refractivity contribution in [3.8, 4) is 18.1 Å². The van der Waals surface area contributed by atoms with E-state index in [0.717, 1.165) is 27.8 Å². The molecule has 1 N–H and O–H groups in total. The van der Waals surface area contributed by atoms with Gasteiger partial charge in [0.25, 0.3) is 11.1 Å². The third kappa shape index (κ3) is 4.42. The number of amides is 2. The number of carboxylic acid groups (broad SMARTS) is 1. The average Bonchev–Trinajstić information content (AvgIpc) is 2.95. The van der Waals surface area contributed by atoms with E-state index in [4.69, 9.17) is 16.3 Å². The van der Waals surface area contributed by atoms with Gasteiger partial charge in [-0.25, -0.2) is 4.79 Å².